The molecule has 0 aliphatic carbocycles. The molecule has 1 N–H and O–H groups in total. The molecule has 0 unspecified atom stereocenters. The average Bonchev–Trinajstić information content (AvgIpc) is 2.11. The first-order valence-electron chi connectivity index (χ1n) is 5.93. The van der Waals surface area contributed by atoms with Crippen molar-refractivity contribution in [3.05, 3.63) is 0 Å². The second-order valence-electron chi connectivity index (χ2n) is 4.73. The van der Waals surface area contributed by atoms with Crippen LogP contribution >= 0.6 is 0 Å². The van der Waals surface area contributed by atoms with Crippen molar-refractivity contribution in [2.24, 2.45) is 5.92 Å². The van der Waals surface area contributed by atoms with E-state index in [-0.39, 0.29) is 24.4 Å². The highest BCUT2D eigenvalue weighted by molar-refractivity contribution is 5.84. The monoisotopic (exact) mass is 228 g/mol. The Morgan fingerprint density at radius 3 is 2.12 bits per heavy atom. The molecule has 0 aromatic carbocycles. The largest absolute Gasteiger partial charge is 0.352 e. The van der Waals surface area contributed by atoms with Gasteiger partial charge in [-0.25, -0.2) is 0 Å². The Bertz CT molecular complexity index is 237. The van der Waals surface area contributed by atoms with Crippen LogP contribution in [0.5, 0.6) is 0 Å². The number of hydrogen-bond donors (Lipinski definition) is 1. The van der Waals surface area contributed by atoms with Gasteiger partial charge in [-0.1, -0.05) is 13.8 Å². The maximum absolute atomic E-state index is 11.8. The summed E-state index contributed by atoms with van der Waals surface area (Å²) in [6.45, 7) is 10.5. The normalized spacial score (nSPS) is 10.7. The maximum atomic E-state index is 11.8. The predicted molar refractivity (Wildman–Crippen MR) is 65.0 cm³/mol. The Morgan fingerprint density at radius 2 is 1.75 bits per heavy atom. The van der Waals surface area contributed by atoms with Crippen molar-refractivity contribution >= 4 is 11.8 Å². The maximum Gasteiger partial charge on any atom is 0.239 e. The number of nitrogens with zero attached hydrogens (tertiary/aromatic N) is 1. The van der Waals surface area contributed by atoms with E-state index in [1.54, 1.807) is 4.90 Å². The van der Waals surface area contributed by atoms with Crippen LogP contribution in [0.4, 0.5) is 0 Å². The van der Waals surface area contributed by atoms with Crippen molar-refractivity contribution in [2.75, 3.05) is 13.1 Å². The van der Waals surface area contributed by atoms with Crippen molar-refractivity contribution in [2.45, 2.75) is 47.1 Å². The summed E-state index contributed by atoms with van der Waals surface area (Å²) in [5, 5.41) is 2.78. The van der Waals surface area contributed by atoms with E-state index >= 15 is 0 Å². The third-order valence-corrected chi connectivity index (χ3v) is 2.10. The van der Waals surface area contributed by atoms with Crippen LogP contribution in [0.1, 0.15) is 41.0 Å². The van der Waals surface area contributed by atoms with Gasteiger partial charge in [-0.05, 0) is 26.7 Å². The zero-order chi connectivity index (χ0) is 12.7. The van der Waals surface area contributed by atoms with Gasteiger partial charge in [0.25, 0.3) is 0 Å². The van der Waals surface area contributed by atoms with Gasteiger partial charge < -0.3 is 10.2 Å². The van der Waals surface area contributed by atoms with Gasteiger partial charge in [0.15, 0.2) is 0 Å². The lowest BCUT2D eigenvalue weighted by atomic mass is 10.1. The van der Waals surface area contributed by atoms with Gasteiger partial charge in [0.05, 0.1) is 6.54 Å². The van der Waals surface area contributed by atoms with Crippen LogP contribution in [0.15, 0.2) is 0 Å². The Kier molecular flexibility index (Phi) is 6.77. The Labute approximate surface area is 98.4 Å². The molecule has 0 spiro atoms. The molecule has 0 heterocycles. The minimum Gasteiger partial charge on any atom is -0.352 e. The molecular weight excluding hydrogens is 204 g/mol. The lowest BCUT2D eigenvalue weighted by Gasteiger charge is -2.22. The van der Waals surface area contributed by atoms with E-state index in [1.165, 1.54) is 0 Å². The molecule has 0 rings (SSSR count). The SMILES string of the molecule is CCN(CC(=O)NC(C)C)C(=O)CC(C)C. The standard InChI is InChI=1S/C12H24N2O2/c1-6-14(12(16)7-9(2)3)8-11(15)13-10(4)5/h9-10H,6-8H2,1-5H3,(H,13,15). The number of hydrogen-bond acceptors (Lipinski definition) is 2. The van der Waals surface area contributed by atoms with Crippen LogP contribution in [0, 0.1) is 5.92 Å². The van der Waals surface area contributed by atoms with Gasteiger partial charge in [0.2, 0.25) is 11.8 Å². The molecule has 16 heavy (non-hydrogen) atoms. The molecule has 0 saturated heterocycles. The highest BCUT2D eigenvalue weighted by atomic mass is 16.2. The second-order valence-corrected chi connectivity index (χ2v) is 4.73. The van der Waals surface area contributed by atoms with Crippen molar-refractivity contribution in [3.63, 3.8) is 0 Å². The molecule has 0 saturated carbocycles. The van der Waals surface area contributed by atoms with Gasteiger partial charge in [-0.15, -0.1) is 0 Å². The van der Waals surface area contributed by atoms with Gasteiger partial charge >= 0.3 is 0 Å². The molecule has 4 nitrogen and oxygen atoms in total. The van der Waals surface area contributed by atoms with E-state index < -0.39 is 0 Å². The molecule has 94 valence electrons. The molecule has 0 radical (unpaired) electrons. The van der Waals surface area contributed by atoms with Crippen molar-refractivity contribution in [1.29, 1.82) is 0 Å². The number of rotatable bonds is 6. The number of carbonyl (C=O) groups excluding carboxylic acids is 2. The summed E-state index contributed by atoms with van der Waals surface area (Å²) < 4.78 is 0. The molecule has 0 aromatic heterocycles. The highest BCUT2D eigenvalue weighted by Gasteiger charge is 2.16. The lowest BCUT2D eigenvalue weighted by molar-refractivity contribution is -0.136. The summed E-state index contributed by atoms with van der Waals surface area (Å²) in [5.41, 5.74) is 0. The van der Waals surface area contributed by atoms with E-state index in [2.05, 4.69) is 5.32 Å². The van der Waals surface area contributed by atoms with Crippen molar-refractivity contribution < 1.29 is 9.59 Å². The van der Waals surface area contributed by atoms with Gasteiger partial charge in [0.1, 0.15) is 0 Å². The molecule has 0 atom stereocenters. The molecule has 4 heteroatoms. The number of carbonyl (C=O) groups is 2. The first-order chi connectivity index (χ1) is 7.36. The zero-order valence-electron chi connectivity index (χ0n) is 11.0. The molecule has 0 aromatic rings. The third-order valence-electron chi connectivity index (χ3n) is 2.10. The van der Waals surface area contributed by atoms with Crippen LogP contribution in [0.2, 0.25) is 0 Å². The summed E-state index contributed by atoms with van der Waals surface area (Å²) in [5.74, 6) is 0.292. The average molecular weight is 228 g/mol. The summed E-state index contributed by atoms with van der Waals surface area (Å²) in [4.78, 5) is 24.9. The van der Waals surface area contributed by atoms with Crippen molar-refractivity contribution in [3.8, 4) is 0 Å². The topological polar surface area (TPSA) is 49.4 Å². The predicted octanol–water partition coefficient (Wildman–Crippen LogP) is 1.41. The van der Waals surface area contributed by atoms with Crippen LogP contribution in [-0.2, 0) is 9.59 Å². The summed E-state index contributed by atoms with van der Waals surface area (Å²) in [7, 11) is 0. The fourth-order valence-electron chi connectivity index (χ4n) is 1.40. The summed E-state index contributed by atoms with van der Waals surface area (Å²) >= 11 is 0. The van der Waals surface area contributed by atoms with Gasteiger partial charge in [-0.2, -0.15) is 0 Å². The molecular formula is C12H24N2O2. The fraction of sp³-hybridized carbons (Fsp3) is 0.833. The number of nitrogens with one attached hydrogen (secondary N) is 1. The van der Waals surface area contributed by atoms with Gasteiger partial charge in [-0.3, -0.25) is 9.59 Å². The van der Waals surface area contributed by atoms with Crippen LogP contribution in [0.25, 0.3) is 0 Å². The van der Waals surface area contributed by atoms with E-state index in [1.807, 2.05) is 34.6 Å². The molecule has 2 amide bonds. The zero-order valence-corrected chi connectivity index (χ0v) is 11.0. The fourth-order valence-corrected chi connectivity index (χ4v) is 1.40. The van der Waals surface area contributed by atoms with Gasteiger partial charge in [0, 0.05) is 19.0 Å². The summed E-state index contributed by atoms with van der Waals surface area (Å²) in [6, 6.07) is 0.117. The Hall–Kier alpha value is -1.06. The minimum absolute atomic E-state index is 0.0522. The molecule has 0 fully saturated rings. The van der Waals surface area contributed by atoms with E-state index in [0.29, 0.717) is 18.9 Å². The Balaban J connectivity index is 4.18. The van der Waals surface area contributed by atoms with Crippen LogP contribution in [0.3, 0.4) is 0 Å². The van der Waals surface area contributed by atoms with E-state index in [0.717, 1.165) is 0 Å². The van der Waals surface area contributed by atoms with Crippen LogP contribution < -0.4 is 5.32 Å². The molecule has 0 aliphatic heterocycles. The van der Waals surface area contributed by atoms with Crippen LogP contribution in [-0.4, -0.2) is 35.8 Å². The minimum atomic E-state index is -0.0889. The molecule has 0 bridgehead atoms. The number of likely N-dealkylation sites (N-methyl/N-ethyl adjacent to an activating group) is 1. The van der Waals surface area contributed by atoms with Crippen molar-refractivity contribution in [1.82, 2.24) is 10.2 Å². The molecule has 0 aliphatic rings. The number of amides is 2. The Morgan fingerprint density at radius 1 is 1.19 bits per heavy atom. The quantitative estimate of drug-likeness (QED) is 0.747. The lowest BCUT2D eigenvalue weighted by Crippen LogP contribution is -2.42. The van der Waals surface area contributed by atoms with E-state index in [4.69, 9.17) is 0 Å². The summed E-state index contributed by atoms with van der Waals surface area (Å²) in [6.07, 6.45) is 0.503. The highest BCUT2D eigenvalue weighted by Crippen LogP contribution is 2.03. The third kappa shape index (κ3) is 6.43. The smallest absolute Gasteiger partial charge is 0.239 e. The van der Waals surface area contributed by atoms with E-state index in [9.17, 15) is 9.59 Å². The second kappa shape index (κ2) is 7.25. The first kappa shape index (κ1) is 14.9. The first-order valence-corrected chi connectivity index (χ1v) is 5.93.